The molecule has 0 radical (unpaired) electrons. The molecule has 0 aliphatic rings. The molecule has 0 atom stereocenters. The van der Waals surface area contributed by atoms with Gasteiger partial charge < -0.3 is 15.8 Å². The van der Waals surface area contributed by atoms with Crippen LogP contribution < -0.4 is 11.1 Å². The van der Waals surface area contributed by atoms with Gasteiger partial charge in [-0.05, 0) is 18.6 Å². The van der Waals surface area contributed by atoms with Crippen LogP contribution in [0.15, 0.2) is 18.3 Å². The highest BCUT2D eigenvalue weighted by Crippen LogP contribution is 1.97. The summed E-state index contributed by atoms with van der Waals surface area (Å²) >= 11 is 0. The van der Waals surface area contributed by atoms with Gasteiger partial charge in [0.15, 0.2) is 0 Å². The number of nitrogens with one attached hydrogen (secondary N) is 1. The first-order chi connectivity index (χ1) is 7.68. The Bertz CT molecular complexity index is 325. The second-order valence-electron chi connectivity index (χ2n) is 3.50. The fourth-order valence-corrected chi connectivity index (χ4v) is 1.15. The van der Waals surface area contributed by atoms with Crippen molar-refractivity contribution in [2.24, 2.45) is 5.73 Å². The van der Waals surface area contributed by atoms with Gasteiger partial charge in [0, 0.05) is 25.0 Å². The lowest BCUT2D eigenvalue weighted by atomic mass is 10.2. The van der Waals surface area contributed by atoms with Gasteiger partial charge in [0.25, 0.3) is 0 Å². The molecular formula is C11H17N3O2. The third kappa shape index (κ3) is 5.43. The third-order valence-corrected chi connectivity index (χ3v) is 1.97. The molecule has 5 heteroatoms. The lowest BCUT2D eigenvalue weighted by molar-refractivity contribution is -0.122. The Morgan fingerprint density at radius 2 is 2.38 bits per heavy atom. The topological polar surface area (TPSA) is 77.2 Å². The van der Waals surface area contributed by atoms with E-state index in [1.54, 1.807) is 0 Å². The third-order valence-electron chi connectivity index (χ3n) is 1.97. The van der Waals surface area contributed by atoms with Gasteiger partial charge in [-0.15, -0.1) is 0 Å². The van der Waals surface area contributed by atoms with E-state index in [0.29, 0.717) is 13.2 Å². The van der Waals surface area contributed by atoms with Crippen molar-refractivity contribution < 1.29 is 9.53 Å². The number of primary amides is 1. The van der Waals surface area contributed by atoms with Gasteiger partial charge in [0.1, 0.15) is 6.61 Å². The first kappa shape index (κ1) is 12.6. The van der Waals surface area contributed by atoms with Crippen LogP contribution in [0.1, 0.15) is 11.3 Å². The van der Waals surface area contributed by atoms with Gasteiger partial charge in [0.05, 0.1) is 6.61 Å². The number of rotatable bonds is 7. The van der Waals surface area contributed by atoms with Gasteiger partial charge in [-0.1, -0.05) is 6.07 Å². The van der Waals surface area contributed by atoms with Crippen LogP contribution >= 0.6 is 0 Å². The van der Waals surface area contributed by atoms with Crippen molar-refractivity contribution in [2.75, 3.05) is 19.8 Å². The number of hydrogen-bond donors (Lipinski definition) is 2. The molecule has 0 spiro atoms. The monoisotopic (exact) mass is 223 g/mol. The lowest BCUT2D eigenvalue weighted by Gasteiger charge is -2.05. The van der Waals surface area contributed by atoms with Crippen molar-refractivity contribution in [2.45, 2.75) is 13.5 Å². The zero-order valence-electron chi connectivity index (χ0n) is 9.40. The Kier molecular flexibility index (Phi) is 5.45. The zero-order valence-corrected chi connectivity index (χ0v) is 9.40. The molecule has 88 valence electrons. The minimum absolute atomic E-state index is 0.0201. The van der Waals surface area contributed by atoms with Crippen molar-refractivity contribution in [1.29, 1.82) is 0 Å². The molecule has 1 aromatic heterocycles. The maximum atomic E-state index is 10.4. The quantitative estimate of drug-likeness (QED) is 0.637. The minimum Gasteiger partial charge on any atom is -0.370 e. The van der Waals surface area contributed by atoms with Crippen LogP contribution in [-0.4, -0.2) is 30.6 Å². The van der Waals surface area contributed by atoms with Gasteiger partial charge in [0.2, 0.25) is 5.91 Å². The summed E-state index contributed by atoms with van der Waals surface area (Å²) in [6, 6.07) is 4.00. The molecule has 0 aliphatic carbocycles. The fraction of sp³-hybridized carbons (Fsp3) is 0.455. The van der Waals surface area contributed by atoms with Crippen LogP contribution in [0, 0.1) is 6.92 Å². The molecule has 0 bridgehead atoms. The van der Waals surface area contributed by atoms with Crippen molar-refractivity contribution >= 4 is 5.91 Å². The first-order valence-corrected chi connectivity index (χ1v) is 5.17. The predicted molar refractivity (Wildman–Crippen MR) is 60.7 cm³/mol. The summed E-state index contributed by atoms with van der Waals surface area (Å²) in [4.78, 5) is 14.5. The largest absolute Gasteiger partial charge is 0.370 e. The van der Waals surface area contributed by atoms with Crippen LogP contribution in [0.25, 0.3) is 0 Å². The number of nitrogens with two attached hydrogens (primary N) is 1. The molecule has 1 amide bonds. The van der Waals surface area contributed by atoms with Crippen LogP contribution in [0.3, 0.4) is 0 Å². The van der Waals surface area contributed by atoms with Gasteiger partial charge in [-0.25, -0.2) is 0 Å². The number of ether oxygens (including phenoxy) is 1. The lowest BCUT2D eigenvalue weighted by Crippen LogP contribution is -2.23. The summed E-state index contributed by atoms with van der Waals surface area (Å²) in [6.45, 7) is 3.83. The number of aromatic nitrogens is 1. The zero-order chi connectivity index (χ0) is 11.8. The average Bonchev–Trinajstić information content (AvgIpc) is 2.25. The number of carbonyl (C=O) groups is 1. The summed E-state index contributed by atoms with van der Waals surface area (Å²) in [5, 5.41) is 3.18. The van der Waals surface area contributed by atoms with Crippen molar-refractivity contribution in [3.63, 3.8) is 0 Å². The van der Waals surface area contributed by atoms with E-state index in [2.05, 4.69) is 10.3 Å². The van der Waals surface area contributed by atoms with Gasteiger partial charge >= 0.3 is 0 Å². The molecule has 0 saturated carbocycles. The van der Waals surface area contributed by atoms with E-state index in [0.717, 1.165) is 17.8 Å². The van der Waals surface area contributed by atoms with E-state index >= 15 is 0 Å². The number of carbonyl (C=O) groups excluding carboxylic acids is 1. The van der Waals surface area contributed by atoms with E-state index in [1.807, 2.05) is 25.3 Å². The molecule has 0 unspecified atom stereocenters. The van der Waals surface area contributed by atoms with Gasteiger partial charge in [-0.2, -0.15) is 0 Å². The highest BCUT2D eigenvalue weighted by atomic mass is 16.5. The highest BCUT2D eigenvalue weighted by Gasteiger charge is 1.95. The smallest absolute Gasteiger partial charge is 0.243 e. The summed E-state index contributed by atoms with van der Waals surface area (Å²) in [6.07, 6.45) is 1.84. The second kappa shape index (κ2) is 6.92. The first-order valence-electron chi connectivity index (χ1n) is 5.17. The van der Waals surface area contributed by atoms with E-state index < -0.39 is 5.91 Å². The Morgan fingerprint density at radius 1 is 1.56 bits per heavy atom. The normalized spacial score (nSPS) is 10.3. The van der Waals surface area contributed by atoms with E-state index in [9.17, 15) is 4.79 Å². The summed E-state index contributed by atoms with van der Waals surface area (Å²) in [7, 11) is 0. The van der Waals surface area contributed by atoms with Crippen LogP contribution in [0.4, 0.5) is 0 Å². The maximum absolute atomic E-state index is 10.4. The molecule has 0 fully saturated rings. The van der Waals surface area contributed by atoms with Crippen molar-refractivity contribution in [3.05, 3.63) is 29.6 Å². The van der Waals surface area contributed by atoms with E-state index in [1.165, 1.54) is 0 Å². The maximum Gasteiger partial charge on any atom is 0.243 e. The Morgan fingerprint density at radius 3 is 3.00 bits per heavy atom. The van der Waals surface area contributed by atoms with Crippen LogP contribution in [0.5, 0.6) is 0 Å². The Labute approximate surface area is 95.0 Å². The predicted octanol–water partition coefficient (Wildman–Crippen LogP) is -0.0185. The molecule has 0 aromatic carbocycles. The number of pyridine rings is 1. The fourth-order valence-electron chi connectivity index (χ4n) is 1.15. The minimum atomic E-state index is -0.442. The number of amides is 1. The molecule has 1 aromatic rings. The average molecular weight is 223 g/mol. The van der Waals surface area contributed by atoms with Crippen molar-refractivity contribution in [1.82, 2.24) is 10.3 Å². The standard InChI is InChI=1S/C11H17N3O2/c1-9-2-3-10(7-14-9)6-13-4-5-16-8-11(12)15/h2-3,7,13H,4-6,8H2,1H3,(H2,12,15). The highest BCUT2D eigenvalue weighted by molar-refractivity contribution is 5.74. The molecule has 0 aliphatic heterocycles. The second-order valence-corrected chi connectivity index (χ2v) is 3.50. The number of aryl methyl sites for hydroxylation is 1. The molecule has 16 heavy (non-hydrogen) atoms. The molecular weight excluding hydrogens is 206 g/mol. The number of nitrogens with zero attached hydrogens (tertiary/aromatic N) is 1. The Balaban J connectivity index is 2.07. The van der Waals surface area contributed by atoms with Gasteiger partial charge in [-0.3, -0.25) is 9.78 Å². The molecule has 1 rings (SSSR count). The van der Waals surface area contributed by atoms with Crippen LogP contribution in [-0.2, 0) is 16.1 Å². The van der Waals surface area contributed by atoms with Crippen LogP contribution in [0.2, 0.25) is 0 Å². The van der Waals surface area contributed by atoms with E-state index in [4.69, 9.17) is 10.5 Å². The summed E-state index contributed by atoms with van der Waals surface area (Å²) in [5.74, 6) is -0.442. The molecule has 3 N–H and O–H groups in total. The molecule has 1 heterocycles. The summed E-state index contributed by atoms with van der Waals surface area (Å²) in [5.41, 5.74) is 7.05. The summed E-state index contributed by atoms with van der Waals surface area (Å²) < 4.78 is 5.00. The molecule has 0 saturated heterocycles. The molecule has 5 nitrogen and oxygen atoms in total. The Hall–Kier alpha value is -1.46. The van der Waals surface area contributed by atoms with E-state index in [-0.39, 0.29) is 6.61 Å². The SMILES string of the molecule is Cc1ccc(CNCCOCC(N)=O)cn1. The number of hydrogen-bond acceptors (Lipinski definition) is 4. The van der Waals surface area contributed by atoms with Crippen molar-refractivity contribution in [3.8, 4) is 0 Å².